The number of anilines is 1. The molecule has 1 heterocycles. The molecule has 0 radical (unpaired) electrons. The van der Waals surface area contributed by atoms with Crippen LogP contribution < -0.4 is 14.8 Å². The fourth-order valence-corrected chi connectivity index (χ4v) is 2.72. The Morgan fingerprint density at radius 1 is 1.09 bits per heavy atom. The van der Waals surface area contributed by atoms with Crippen molar-refractivity contribution in [3.05, 3.63) is 59.7 Å². The highest BCUT2D eigenvalue weighted by atomic mass is 16.5. The van der Waals surface area contributed by atoms with E-state index in [1.54, 1.807) is 31.4 Å². The van der Waals surface area contributed by atoms with Gasteiger partial charge in [-0.1, -0.05) is 30.3 Å². The van der Waals surface area contributed by atoms with Crippen molar-refractivity contribution in [1.29, 1.82) is 0 Å². The summed E-state index contributed by atoms with van der Waals surface area (Å²) in [5.74, 6) is 0.0483. The lowest BCUT2D eigenvalue weighted by Crippen LogP contribution is -2.43. The van der Waals surface area contributed by atoms with Gasteiger partial charge in [-0.2, -0.15) is 0 Å². The second-order valence-corrected chi connectivity index (χ2v) is 5.23. The number of hydrogen-bond donors (Lipinski definition) is 2. The number of fused-ring (bicyclic) bond motifs is 1. The largest absolute Gasteiger partial charge is 0.493 e. The molecule has 118 valence electrons. The first-order valence-electron chi connectivity index (χ1n) is 7.13. The maximum absolute atomic E-state index is 12.1. The van der Waals surface area contributed by atoms with Crippen LogP contribution in [0.1, 0.15) is 11.1 Å². The van der Waals surface area contributed by atoms with Crippen LogP contribution in [0.4, 0.5) is 5.69 Å². The van der Waals surface area contributed by atoms with E-state index >= 15 is 0 Å². The van der Waals surface area contributed by atoms with Gasteiger partial charge in [-0.25, -0.2) is 4.79 Å². The van der Waals surface area contributed by atoms with Gasteiger partial charge in [0.05, 0.1) is 14.2 Å². The fraction of sp³-hybridized carbons (Fsp3) is 0.167. The summed E-state index contributed by atoms with van der Waals surface area (Å²) in [6, 6.07) is 12.7. The van der Waals surface area contributed by atoms with Crippen molar-refractivity contribution in [3.8, 4) is 11.5 Å². The van der Waals surface area contributed by atoms with E-state index < -0.39 is 11.5 Å². The molecule has 1 unspecified atom stereocenters. The van der Waals surface area contributed by atoms with Crippen LogP contribution in [0.5, 0.6) is 11.5 Å². The van der Waals surface area contributed by atoms with Crippen LogP contribution in [0.25, 0.3) is 6.08 Å². The third-order valence-electron chi connectivity index (χ3n) is 3.98. The predicted octanol–water partition coefficient (Wildman–Crippen LogP) is 3.12. The van der Waals surface area contributed by atoms with Gasteiger partial charge in [-0.15, -0.1) is 0 Å². The first kappa shape index (κ1) is 15.0. The fourth-order valence-electron chi connectivity index (χ4n) is 2.72. The molecule has 0 amide bonds. The zero-order valence-corrected chi connectivity index (χ0v) is 12.9. The molecule has 0 saturated heterocycles. The lowest BCUT2D eigenvalue weighted by molar-refractivity contribution is -0.140. The molecule has 0 aromatic heterocycles. The molecular formula is C18H17NO4. The van der Waals surface area contributed by atoms with E-state index in [2.05, 4.69) is 5.32 Å². The van der Waals surface area contributed by atoms with Crippen molar-refractivity contribution in [2.45, 2.75) is 5.54 Å². The van der Waals surface area contributed by atoms with E-state index in [4.69, 9.17) is 9.47 Å². The first-order chi connectivity index (χ1) is 11.1. The number of methoxy groups -OCH3 is 2. The lowest BCUT2D eigenvalue weighted by Gasteiger charge is -2.33. The van der Waals surface area contributed by atoms with Gasteiger partial charge >= 0.3 is 5.97 Å². The minimum Gasteiger partial charge on any atom is -0.493 e. The predicted molar refractivity (Wildman–Crippen MR) is 88.0 cm³/mol. The molecule has 1 aliphatic rings. The van der Waals surface area contributed by atoms with E-state index in [-0.39, 0.29) is 0 Å². The molecule has 0 fully saturated rings. The maximum atomic E-state index is 12.1. The van der Waals surface area contributed by atoms with Crippen LogP contribution in [0.15, 0.2) is 48.5 Å². The molecule has 0 aliphatic carbocycles. The molecule has 0 spiro atoms. The summed E-state index contributed by atoms with van der Waals surface area (Å²) in [7, 11) is 3.06. The minimum atomic E-state index is -1.35. The number of nitrogens with one attached hydrogen (secondary N) is 1. The highest BCUT2D eigenvalue weighted by molar-refractivity contribution is 5.92. The molecule has 2 aromatic rings. The van der Waals surface area contributed by atoms with E-state index in [0.29, 0.717) is 17.1 Å². The summed E-state index contributed by atoms with van der Waals surface area (Å²) in [6.07, 6.45) is 3.47. The third kappa shape index (κ3) is 2.40. The molecule has 2 N–H and O–H groups in total. The number of benzene rings is 2. The number of hydrogen-bond acceptors (Lipinski definition) is 4. The maximum Gasteiger partial charge on any atom is 0.338 e. The summed E-state index contributed by atoms with van der Waals surface area (Å²) < 4.78 is 10.5. The average Bonchev–Trinajstić information content (AvgIpc) is 2.60. The summed E-state index contributed by atoms with van der Waals surface area (Å²) >= 11 is 0. The lowest BCUT2D eigenvalue weighted by atomic mass is 9.85. The van der Waals surface area contributed by atoms with Crippen molar-refractivity contribution < 1.29 is 19.4 Å². The summed E-state index contributed by atoms with van der Waals surface area (Å²) in [5, 5.41) is 13.0. The van der Waals surface area contributed by atoms with Gasteiger partial charge in [0.2, 0.25) is 0 Å². The normalized spacial score (nSPS) is 18.7. The SMILES string of the molecule is COc1ccc(C2(C(=O)O)C=Cc3ccccc3N2)cc1OC. The Labute approximate surface area is 134 Å². The van der Waals surface area contributed by atoms with Crippen LogP contribution in [-0.4, -0.2) is 25.3 Å². The molecule has 3 rings (SSSR count). The Kier molecular flexibility index (Phi) is 3.70. The molecule has 1 aliphatic heterocycles. The molecule has 0 saturated carbocycles. The van der Waals surface area contributed by atoms with Crippen LogP contribution in [0.3, 0.4) is 0 Å². The van der Waals surface area contributed by atoms with Crippen molar-refractivity contribution in [2.24, 2.45) is 0 Å². The Morgan fingerprint density at radius 3 is 2.52 bits per heavy atom. The van der Waals surface area contributed by atoms with Gasteiger partial charge in [-0.05, 0) is 35.4 Å². The van der Waals surface area contributed by atoms with Crippen molar-refractivity contribution in [2.75, 3.05) is 19.5 Å². The van der Waals surface area contributed by atoms with E-state index in [9.17, 15) is 9.90 Å². The second-order valence-electron chi connectivity index (χ2n) is 5.23. The number of carbonyl (C=O) groups is 1. The Balaban J connectivity index is 2.13. The van der Waals surface area contributed by atoms with E-state index in [1.807, 2.05) is 30.3 Å². The Bertz CT molecular complexity index is 784. The van der Waals surface area contributed by atoms with Crippen molar-refractivity contribution >= 4 is 17.7 Å². The molecule has 1 atom stereocenters. The summed E-state index contributed by atoms with van der Waals surface area (Å²) in [6.45, 7) is 0. The second kappa shape index (κ2) is 5.68. The van der Waals surface area contributed by atoms with Gasteiger partial charge in [0, 0.05) is 5.69 Å². The number of carboxylic acids is 1. The van der Waals surface area contributed by atoms with Crippen molar-refractivity contribution in [3.63, 3.8) is 0 Å². The standard InChI is InChI=1S/C18H17NO4/c1-22-15-8-7-13(11-16(15)23-2)18(17(20)21)10-9-12-5-3-4-6-14(12)19-18/h3-11,19H,1-2H3,(H,20,21). The number of para-hydroxylation sites is 1. The Hall–Kier alpha value is -2.95. The highest BCUT2D eigenvalue weighted by Gasteiger charge is 2.40. The van der Waals surface area contributed by atoms with Crippen LogP contribution >= 0.6 is 0 Å². The van der Waals surface area contributed by atoms with E-state index in [0.717, 1.165) is 11.3 Å². The molecule has 5 heteroatoms. The molecular weight excluding hydrogens is 294 g/mol. The topological polar surface area (TPSA) is 67.8 Å². The smallest absolute Gasteiger partial charge is 0.338 e. The van der Waals surface area contributed by atoms with Crippen molar-refractivity contribution in [1.82, 2.24) is 0 Å². The number of ether oxygens (including phenoxy) is 2. The minimum absolute atomic E-state index is 0.486. The van der Waals surface area contributed by atoms with Crippen LogP contribution in [0, 0.1) is 0 Å². The first-order valence-corrected chi connectivity index (χ1v) is 7.13. The van der Waals surface area contributed by atoms with Gasteiger partial charge in [-0.3, -0.25) is 0 Å². The monoisotopic (exact) mass is 311 g/mol. The number of aliphatic carboxylic acids is 1. The molecule has 0 bridgehead atoms. The van der Waals surface area contributed by atoms with Gasteiger partial charge in [0.25, 0.3) is 0 Å². The number of rotatable bonds is 4. The highest BCUT2D eigenvalue weighted by Crippen LogP contribution is 2.38. The van der Waals surface area contributed by atoms with Crippen LogP contribution in [0.2, 0.25) is 0 Å². The van der Waals surface area contributed by atoms with Gasteiger partial charge < -0.3 is 19.9 Å². The summed E-state index contributed by atoms with van der Waals surface area (Å²) in [5.41, 5.74) is 0.930. The van der Waals surface area contributed by atoms with Gasteiger partial charge in [0.1, 0.15) is 0 Å². The molecule has 5 nitrogen and oxygen atoms in total. The number of carboxylic acid groups (broad SMARTS) is 1. The zero-order chi connectivity index (χ0) is 16.4. The zero-order valence-electron chi connectivity index (χ0n) is 12.9. The quantitative estimate of drug-likeness (QED) is 0.908. The summed E-state index contributed by atoms with van der Waals surface area (Å²) in [4.78, 5) is 12.1. The Morgan fingerprint density at radius 2 is 1.83 bits per heavy atom. The molecule has 2 aromatic carbocycles. The molecule has 23 heavy (non-hydrogen) atoms. The average molecular weight is 311 g/mol. The third-order valence-corrected chi connectivity index (χ3v) is 3.98. The van der Waals surface area contributed by atoms with E-state index in [1.165, 1.54) is 7.11 Å². The van der Waals surface area contributed by atoms with Crippen LogP contribution in [-0.2, 0) is 10.3 Å². The van der Waals surface area contributed by atoms with Gasteiger partial charge in [0.15, 0.2) is 17.0 Å².